The van der Waals surface area contributed by atoms with Crippen LogP contribution in [0.1, 0.15) is 31.7 Å². The van der Waals surface area contributed by atoms with E-state index in [1.165, 1.54) is 0 Å². The minimum atomic E-state index is 0. The summed E-state index contributed by atoms with van der Waals surface area (Å²) >= 11 is 0. The Labute approximate surface area is 189 Å². The third-order valence-electron chi connectivity index (χ3n) is 4.28. The van der Waals surface area contributed by atoms with Crippen LogP contribution in [0.15, 0.2) is 53.7 Å². The van der Waals surface area contributed by atoms with Gasteiger partial charge in [-0.25, -0.2) is 4.99 Å². The number of aromatic nitrogens is 3. The van der Waals surface area contributed by atoms with Gasteiger partial charge in [0.25, 0.3) is 0 Å². The number of ether oxygens (including phenoxy) is 1. The molecule has 1 aromatic carbocycles. The molecule has 0 aliphatic rings. The minimum absolute atomic E-state index is 0. The molecular weight excluding hydrogens is 479 g/mol. The molecule has 0 aliphatic carbocycles. The second-order valence-corrected chi connectivity index (χ2v) is 6.31. The molecule has 2 aromatic heterocycles. The number of pyridine rings is 1. The second kappa shape index (κ2) is 12.3. The molecule has 8 heteroatoms. The maximum Gasteiger partial charge on any atom is 0.191 e. The summed E-state index contributed by atoms with van der Waals surface area (Å²) in [7, 11) is 0. The number of rotatable bonds is 9. The number of nitrogens with one attached hydrogen (secondary N) is 2. The van der Waals surface area contributed by atoms with E-state index >= 15 is 0 Å². The SMILES string of the molecule is CCNC(=NCc1ccccc1OCC)NCCCc1nnc2ccccn12.I. The molecular formula is C21H29IN6O. The van der Waals surface area contributed by atoms with Gasteiger partial charge in [-0.1, -0.05) is 24.3 Å². The number of halogens is 1. The van der Waals surface area contributed by atoms with Crippen LogP contribution in [0.4, 0.5) is 0 Å². The summed E-state index contributed by atoms with van der Waals surface area (Å²) in [5, 5.41) is 15.2. The molecule has 2 heterocycles. The fourth-order valence-electron chi connectivity index (χ4n) is 2.95. The van der Waals surface area contributed by atoms with Crippen molar-refractivity contribution in [1.82, 2.24) is 25.2 Å². The topological polar surface area (TPSA) is 75.8 Å². The molecule has 0 radical (unpaired) electrons. The second-order valence-electron chi connectivity index (χ2n) is 6.31. The molecule has 0 spiro atoms. The number of benzene rings is 1. The van der Waals surface area contributed by atoms with E-state index in [-0.39, 0.29) is 24.0 Å². The van der Waals surface area contributed by atoms with E-state index in [0.29, 0.717) is 13.2 Å². The van der Waals surface area contributed by atoms with Gasteiger partial charge in [0.2, 0.25) is 0 Å². The van der Waals surface area contributed by atoms with Crippen molar-refractivity contribution in [2.45, 2.75) is 33.2 Å². The van der Waals surface area contributed by atoms with Crippen molar-refractivity contribution in [2.24, 2.45) is 4.99 Å². The standard InChI is InChI=1S/C21H28N6O.HI/c1-3-22-21(24-16-17-10-5-6-11-18(17)28-4-2)23-14-9-13-20-26-25-19-12-7-8-15-27(19)20;/h5-8,10-12,15H,3-4,9,13-14,16H2,1-2H3,(H2,22,23,24);1H. The summed E-state index contributed by atoms with van der Waals surface area (Å²) < 4.78 is 7.71. The third kappa shape index (κ3) is 6.59. The first-order chi connectivity index (χ1) is 13.8. The van der Waals surface area contributed by atoms with Gasteiger partial charge in [0.05, 0.1) is 13.2 Å². The van der Waals surface area contributed by atoms with Gasteiger partial charge in [-0.15, -0.1) is 34.2 Å². The van der Waals surface area contributed by atoms with Gasteiger partial charge in [0, 0.05) is 31.3 Å². The van der Waals surface area contributed by atoms with Crippen molar-refractivity contribution in [2.75, 3.05) is 19.7 Å². The minimum Gasteiger partial charge on any atom is -0.494 e. The Kier molecular flexibility index (Phi) is 9.69. The van der Waals surface area contributed by atoms with E-state index in [9.17, 15) is 0 Å². The van der Waals surface area contributed by atoms with Crippen LogP contribution in [0.5, 0.6) is 5.75 Å². The summed E-state index contributed by atoms with van der Waals surface area (Å²) in [6, 6.07) is 14.0. The fourth-order valence-corrected chi connectivity index (χ4v) is 2.95. The van der Waals surface area contributed by atoms with Crippen molar-refractivity contribution < 1.29 is 4.74 Å². The maximum absolute atomic E-state index is 5.68. The molecule has 3 rings (SSSR count). The Bertz CT molecular complexity index is 911. The van der Waals surface area contributed by atoms with Crippen LogP contribution >= 0.6 is 24.0 Å². The van der Waals surface area contributed by atoms with Crippen LogP contribution in [-0.4, -0.2) is 40.3 Å². The number of nitrogens with zero attached hydrogens (tertiary/aromatic N) is 4. The van der Waals surface area contributed by atoms with Crippen molar-refractivity contribution in [3.63, 3.8) is 0 Å². The Hall–Kier alpha value is -2.36. The van der Waals surface area contributed by atoms with Crippen LogP contribution in [0, 0.1) is 0 Å². The van der Waals surface area contributed by atoms with E-state index in [1.807, 2.05) is 53.9 Å². The first-order valence-electron chi connectivity index (χ1n) is 9.83. The molecule has 0 unspecified atom stereocenters. The van der Waals surface area contributed by atoms with Gasteiger partial charge >= 0.3 is 0 Å². The van der Waals surface area contributed by atoms with E-state index in [0.717, 1.165) is 54.7 Å². The number of para-hydroxylation sites is 1. The number of hydrogen-bond donors (Lipinski definition) is 2. The zero-order chi connectivity index (χ0) is 19.6. The van der Waals surface area contributed by atoms with Gasteiger partial charge in [-0.05, 0) is 38.5 Å². The van der Waals surface area contributed by atoms with Crippen LogP contribution in [0.2, 0.25) is 0 Å². The van der Waals surface area contributed by atoms with Crippen molar-refractivity contribution in [1.29, 1.82) is 0 Å². The van der Waals surface area contributed by atoms with Crippen molar-refractivity contribution >= 4 is 35.6 Å². The molecule has 0 saturated carbocycles. The molecule has 0 bridgehead atoms. The summed E-state index contributed by atoms with van der Waals surface area (Å²) in [4.78, 5) is 4.69. The number of aryl methyl sites for hydroxylation is 1. The number of hydrogen-bond acceptors (Lipinski definition) is 4. The Morgan fingerprint density at radius 1 is 1.07 bits per heavy atom. The lowest BCUT2D eigenvalue weighted by molar-refractivity contribution is 0.336. The Balaban J connectivity index is 0.00000300. The molecule has 7 nitrogen and oxygen atoms in total. The number of aliphatic imine (C=N–C) groups is 1. The highest BCUT2D eigenvalue weighted by Gasteiger charge is 2.05. The smallest absolute Gasteiger partial charge is 0.191 e. The van der Waals surface area contributed by atoms with Crippen LogP contribution in [-0.2, 0) is 13.0 Å². The molecule has 0 amide bonds. The quantitative estimate of drug-likeness (QED) is 0.201. The van der Waals surface area contributed by atoms with Crippen LogP contribution < -0.4 is 15.4 Å². The lowest BCUT2D eigenvalue weighted by atomic mass is 10.2. The lowest BCUT2D eigenvalue weighted by Crippen LogP contribution is -2.37. The van der Waals surface area contributed by atoms with Crippen molar-refractivity contribution in [3.05, 3.63) is 60.0 Å². The molecule has 2 N–H and O–H groups in total. The van der Waals surface area contributed by atoms with Crippen LogP contribution in [0.3, 0.4) is 0 Å². The predicted octanol–water partition coefficient (Wildman–Crippen LogP) is 3.43. The lowest BCUT2D eigenvalue weighted by Gasteiger charge is -2.12. The summed E-state index contributed by atoms with van der Waals surface area (Å²) in [5.74, 6) is 2.67. The molecule has 156 valence electrons. The molecule has 0 atom stereocenters. The summed E-state index contributed by atoms with van der Waals surface area (Å²) in [6.07, 6.45) is 3.79. The van der Waals surface area contributed by atoms with Gasteiger partial charge in [0.15, 0.2) is 11.6 Å². The van der Waals surface area contributed by atoms with Crippen molar-refractivity contribution in [3.8, 4) is 5.75 Å². The number of fused-ring (bicyclic) bond motifs is 1. The van der Waals surface area contributed by atoms with Gasteiger partial charge < -0.3 is 15.4 Å². The zero-order valence-corrected chi connectivity index (χ0v) is 19.3. The fraction of sp³-hybridized carbons (Fsp3) is 0.381. The number of guanidine groups is 1. The van der Waals surface area contributed by atoms with E-state index in [1.54, 1.807) is 0 Å². The van der Waals surface area contributed by atoms with Gasteiger partial charge in [-0.3, -0.25) is 4.40 Å². The first-order valence-corrected chi connectivity index (χ1v) is 9.83. The maximum atomic E-state index is 5.68. The van der Waals surface area contributed by atoms with E-state index < -0.39 is 0 Å². The monoisotopic (exact) mass is 508 g/mol. The average molecular weight is 508 g/mol. The molecule has 0 fully saturated rings. The largest absolute Gasteiger partial charge is 0.494 e. The first kappa shape index (κ1) is 22.9. The van der Waals surface area contributed by atoms with Gasteiger partial charge in [-0.2, -0.15) is 0 Å². The highest BCUT2D eigenvalue weighted by atomic mass is 127. The molecule has 0 saturated heterocycles. The molecule has 29 heavy (non-hydrogen) atoms. The predicted molar refractivity (Wildman–Crippen MR) is 127 cm³/mol. The van der Waals surface area contributed by atoms with Crippen LogP contribution in [0.25, 0.3) is 5.65 Å². The summed E-state index contributed by atoms with van der Waals surface area (Å²) in [5.41, 5.74) is 1.96. The highest BCUT2D eigenvalue weighted by molar-refractivity contribution is 14.0. The van der Waals surface area contributed by atoms with E-state index in [2.05, 4.69) is 33.8 Å². The van der Waals surface area contributed by atoms with Gasteiger partial charge in [0.1, 0.15) is 11.6 Å². The third-order valence-corrected chi connectivity index (χ3v) is 4.28. The summed E-state index contributed by atoms with van der Waals surface area (Å²) in [6.45, 7) is 6.89. The van der Waals surface area contributed by atoms with E-state index in [4.69, 9.17) is 9.73 Å². The Morgan fingerprint density at radius 2 is 1.90 bits per heavy atom. The molecule has 0 aliphatic heterocycles. The average Bonchev–Trinajstić information content (AvgIpc) is 3.13. The molecule has 3 aromatic rings. The normalized spacial score (nSPS) is 11.2. The highest BCUT2D eigenvalue weighted by Crippen LogP contribution is 2.18. The Morgan fingerprint density at radius 3 is 2.72 bits per heavy atom. The zero-order valence-electron chi connectivity index (χ0n) is 17.0.